The van der Waals surface area contributed by atoms with Gasteiger partial charge in [-0.25, -0.2) is 0 Å². The Bertz CT molecular complexity index is 867. The quantitative estimate of drug-likeness (QED) is 0.289. The summed E-state index contributed by atoms with van der Waals surface area (Å²) in [6.07, 6.45) is -4.36. The highest BCUT2D eigenvalue weighted by Crippen LogP contribution is 2.35. The molecule has 2 aromatic rings. The van der Waals surface area contributed by atoms with Crippen LogP contribution in [0.1, 0.15) is 24.5 Å². The molecule has 0 aliphatic heterocycles. The van der Waals surface area contributed by atoms with E-state index in [1.54, 1.807) is 6.92 Å². The molecular weight excluding hydrogens is 389 g/mol. The lowest BCUT2D eigenvalue weighted by atomic mass is 10.1. The zero-order valence-electron chi connectivity index (χ0n) is 14.3. The van der Waals surface area contributed by atoms with E-state index in [0.717, 1.165) is 6.07 Å². The van der Waals surface area contributed by atoms with Crippen molar-refractivity contribution < 1.29 is 31.6 Å². The molecule has 28 heavy (non-hydrogen) atoms. The topological polar surface area (TPSA) is 76.8 Å². The van der Waals surface area contributed by atoms with Crippen LogP contribution >= 0.6 is 0 Å². The summed E-state index contributed by atoms with van der Waals surface area (Å²) in [7, 11) is 0. The molecule has 0 bridgehead atoms. The molecular formula is C17H14F5N3O3. The Labute approximate surface area is 155 Å². The number of anilines is 1. The first-order valence-corrected chi connectivity index (χ1v) is 7.85. The smallest absolute Gasteiger partial charge is 0.416 e. The third-order valence-electron chi connectivity index (χ3n) is 3.58. The molecule has 1 N–H and O–H groups in total. The maximum Gasteiger partial charge on any atom is 0.416 e. The lowest BCUT2D eigenvalue weighted by molar-refractivity contribution is -0.384. The summed E-state index contributed by atoms with van der Waals surface area (Å²) in [6, 6.07) is 7.55. The first kappa shape index (κ1) is 21.1. The number of nitrogens with one attached hydrogen (secondary N) is 1. The van der Waals surface area contributed by atoms with Gasteiger partial charge < -0.3 is 4.74 Å². The summed E-state index contributed by atoms with van der Waals surface area (Å²) in [6.45, 7) is -1.24. The minimum atomic E-state index is -4.72. The van der Waals surface area contributed by atoms with Crippen LogP contribution in [0.3, 0.4) is 0 Å². The van der Waals surface area contributed by atoms with Gasteiger partial charge in [0.2, 0.25) is 0 Å². The number of hydrogen-bond donors (Lipinski definition) is 1. The molecule has 0 heterocycles. The van der Waals surface area contributed by atoms with E-state index in [-0.39, 0.29) is 11.4 Å². The molecule has 0 amide bonds. The van der Waals surface area contributed by atoms with E-state index >= 15 is 0 Å². The Morgan fingerprint density at radius 1 is 1.21 bits per heavy atom. The van der Waals surface area contributed by atoms with Crippen LogP contribution in [0.5, 0.6) is 5.75 Å². The number of benzene rings is 2. The van der Waals surface area contributed by atoms with Gasteiger partial charge in [-0.05, 0) is 48.4 Å². The zero-order chi connectivity index (χ0) is 20.9. The van der Waals surface area contributed by atoms with Crippen molar-refractivity contribution in [1.29, 1.82) is 0 Å². The van der Waals surface area contributed by atoms with Crippen molar-refractivity contribution in [3.63, 3.8) is 0 Å². The monoisotopic (exact) mass is 403 g/mol. The van der Waals surface area contributed by atoms with E-state index in [9.17, 15) is 32.1 Å². The maximum atomic E-state index is 12.7. The Hall–Kier alpha value is -3.24. The largest absolute Gasteiger partial charge is 0.435 e. The first-order chi connectivity index (χ1) is 13.1. The second-order valence-electron chi connectivity index (χ2n) is 5.41. The van der Waals surface area contributed by atoms with Crippen LogP contribution in [0.2, 0.25) is 0 Å². The highest BCUT2D eigenvalue weighted by molar-refractivity contribution is 6.00. The van der Waals surface area contributed by atoms with Crippen LogP contribution in [-0.2, 0) is 6.18 Å². The van der Waals surface area contributed by atoms with Crippen molar-refractivity contribution in [2.75, 3.05) is 5.43 Å². The molecule has 150 valence electrons. The molecule has 11 heteroatoms. The van der Waals surface area contributed by atoms with Crippen molar-refractivity contribution in [1.82, 2.24) is 0 Å². The predicted molar refractivity (Wildman–Crippen MR) is 91.6 cm³/mol. The molecule has 2 aromatic carbocycles. The van der Waals surface area contributed by atoms with Gasteiger partial charge in [0.1, 0.15) is 11.4 Å². The SMILES string of the molecule is CCC(=NNc1ccc(C(F)(F)F)cc1[N+](=O)[O-])c1ccc(OC(F)F)cc1. The fourth-order valence-electron chi connectivity index (χ4n) is 2.26. The summed E-state index contributed by atoms with van der Waals surface area (Å²) < 4.78 is 66.8. The van der Waals surface area contributed by atoms with E-state index in [1.807, 2.05) is 0 Å². The Morgan fingerprint density at radius 2 is 1.86 bits per heavy atom. The van der Waals surface area contributed by atoms with Crippen LogP contribution in [-0.4, -0.2) is 17.2 Å². The number of ether oxygens (including phenoxy) is 1. The lowest BCUT2D eigenvalue weighted by Crippen LogP contribution is -2.08. The van der Waals surface area contributed by atoms with E-state index in [4.69, 9.17) is 0 Å². The number of hydrogen-bond acceptors (Lipinski definition) is 5. The molecule has 6 nitrogen and oxygen atoms in total. The number of halogens is 5. The zero-order valence-corrected chi connectivity index (χ0v) is 14.3. The number of nitro groups is 1. The Kier molecular flexibility index (Phi) is 6.49. The second-order valence-corrected chi connectivity index (χ2v) is 5.41. The van der Waals surface area contributed by atoms with Crippen molar-refractivity contribution in [2.24, 2.45) is 5.10 Å². The van der Waals surface area contributed by atoms with Crippen LogP contribution in [0, 0.1) is 10.1 Å². The van der Waals surface area contributed by atoms with Gasteiger partial charge in [0.05, 0.1) is 16.2 Å². The summed E-state index contributed by atoms with van der Waals surface area (Å²) >= 11 is 0. The van der Waals surface area contributed by atoms with Crippen molar-refractivity contribution >= 4 is 17.1 Å². The number of hydrazone groups is 1. The molecule has 0 atom stereocenters. The van der Waals surface area contributed by atoms with Crippen LogP contribution in [0.25, 0.3) is 0 Å². The highest BCUT2D eigenvalue weighted by Gasteiger charge is 2.33. The first-order valence-electron chi connectivity index (χ1n) is 7.85. The van der Waals surface area contributed by atoms with Crippen molar-refractivity contribution in [3.05, 3.63) is 63.7 Å². The average Bonchev–Trinajstić information content (AvgIpc) is 2.62. The van der Waals surface area contributed by atoms with Gasteiger partial charge in [0.25, 0.3) is 5.69 Å². The number of nitrogens with zero attached hydrogens (tertiary/aromatic N) is 2. The molecule has 0 fully saturated rings. The van der Waals surface area contributed by atoms with Gasteiger partial charge in [-0.15, -0.1) is 0 Å². The third-order valence-corrected chi connectivity index (χ3v) is 3.58. The standard InChI is InChI=1S/C17H14F5N3O3/c1-2-13(10-3-6-12(7-4-10)28-16(18)19)23-24-14-8-5-11(17(20,21)22)9-15(14)25(26)27/h3-9,16,24H,2H2,1H3. The molecule has 0 unspecified atom stereocenters. The summed E-state index contributed by atoms with van der Waals surface area (Å²) in [5, 5.41) is 15.1. The molecule has 2 rings (SSSR count). The molecule has 0 saturated carbocycles. The lowest BCUT2D eigenvalue weighted by Gasteiger charge is -2.10. The molecule has 0 aliphatic rings. The van der Waals surface area contributed by atoms with E-state index < -0.39 is 29.0 Å². The van der Waals surface area contributed by atoms with Crippen molar-refractivity contribution in [3.8, 4) is 5.75 Å². The van der Waals surface area contributed by atoms with Gasteiger partial charge in [0, 0.05) is 6.07 Å². The normalized spacial score (nSPS) is 12.2. The summed E-state index contributed by atoms with van der Waals surface area (Å²) in [4.78, 5) is 10.1. The third kappa shape index (κ3) is 5.38. The van der Waals surface area contributed by atoms with Gasteiger partial charge in [-0.3, -0.25) is 15.5 Å². The Morgan fingerprint density at radius 3 is 2.36 bits per heavy atom. The van der Waals surface area contributed by atoms with Crippen LogP contribution < -0.4 is 10.2 Å². The fraction of sp³-hybridized carbons (Fsp3) is 0.235. The second kappa shape index (κ2) is 8.63. The molecule has 0 aliphatic carbocycles. The van der Waals surface area contributed by atoms with Gasteiger partial charge in [-0.2, -0.15) is 27.1 Å². The van der Waals surface area contributed by atoms with Gasteiger partial charge >= 0.3 is 12.8 Å². The van der Waals surface area contributed by atoms with E-state index in [0.29, 0.717) is 29.8 Å². The van der Waals surface area contributed by atoms with E-state index in [2.05, 4.69) is 15.3 Å². The van der Waals surface area contributed by atoms with Gasteiger partial charge in [0.15, 0.2) is 0 Å². The van der Waals surface area contributed by atoms with E-state index in [1.165, 1.54) is 24.3 Å². The number of alkyl halides is 5. The minimum Gasteiger partial charge on any atom is -0.435 e. The fourth-order valence-corrected chi connectivity index (χ4v) is 2.26. The summed E-state index contributed by atoms with van der Waals surface area (Å²) in [5.41, 5.74) is 1.16. The predicted octanol–water partition coefficient (Wildman–Crippen LogP) is 5.44. The maximum absolute atomic E-state index is 12.7. The molecule has 0 radical (unpaired) electrons. The van der Waals surface area contributed by atoms with Gasteiger partial charge in [-0.1, -0.05) is 6.92 Å². The average molecular weight is 403 g/mol. The minimum absolute atomic E-state index is 0.0551. The molecule has 0 saturated heterocycles. The summed E-state index contributed by atoms with van der Waals surface area (Å²) in [5.74, 6) is -0.0551. The molecule has 0 spiro atoms. The number of nitro benzene ring substituents is 1. The van der Waals surface area contributed by atoms with Crippen molar-refractivity contribution in [2.45, 2.75) is 26.1 Å². The van der Waals surface area contributed by atoms with Crippen LogP contribution in [0.4, 0.5) is 33.3 Å². The highest BCUT2D eigenvalue weighted by atomic mass is 19.4. The number of rotatable bonds is 7. The Balaban J connectivity index is 2.28. The van der Waals surface area contributed by atoms with Crippen LogP contribution in [0.15, 0.2) is 47.6 Å². The molecule has 0 aromatic heterocycles.